The van der Waals surface area contributed by atoms with Gasteiger partial charge in [-0.15, -0.1) is 0 Å². The smallest absolute Gasteiger partial charge is 0.0842 e. The Kier molecular flexibility index (Phi) is 4.29. The van der Waals surface area contributed by atoms with Crippen molar-refractivity contribution in [3.05, 3.63) is 81.3 Å². The highest BCUT2D eigenvalue weighted by Crippen LogP contribution is 2.30. The van der Waals surface area contributed by atoms with Crippen LogP contribution in [0.5, 0.6) is 0 Å². The van der Waals surface area contributed by atoms with Crippen LogP contribution in [0.3, 0.4) is 0 Å². The van der Waals surface area contributed by atoms with Crippen LogP contribution in [0.1, 0.15) is 17.2 Å². The van der Waals surface area contributed by atoms with Gasteiger partial charge < -0.3 is 5.11 Å². The van der Waals surface area contributed by atoms with Crippen LogP contribution in [-0.4, -0.2) is 5.11 Å². The highest BCUT2D eigenvalue weighted by atomic mass is 79.9. The molecule has 1 N–H and O–H groups in total. The fourth-order valence-electron chi connectivity index (χ4n) is 2.56. The number of aliphatic hydroxyl groups excluding tert-OH is 1. The predicted octanol–water partition coefficient (Wildman–Crippen LogP) is 5.53. The summed E-state index contributed by atoms with van der Waals surface area (Å²) in [6, 6.07) is 19.9. The average molecular weight is 362 g/mol. The monoisotopic (exact) mass is 360 g/mol. The zero-order chi connectivity index (χ0) is 14.8. The van der Waals surface area contributed by atoms with E-state index in [2.05, 4.69) is 40.2 Å². The molecule has 0 saturated carbocycles. The van der Waals surface area contributed by atoms with Gasteiger partial charge in [0.25, 0.3) is 0 Å². The number of rotatable bonds is 3. The quantitative estimate of drug-likeness (QED) is 0.650. The molecule has 3 aromatic carbocycles. The molecule has 0 aliphatic heterocycles. The topological polar surface area (TPSA) is 20.2 Å². The van der Waals surface area contributed by atoms with Crippen molar-refractivity contribution in [2.45, 2.75) is 12.5 Å². The Labute approximate surface area is 137 Å². The highest BCUT2D eigenvalue weighted by molar-refractivity contribution is 9.10. The number of fused-ring (bicyclic) bond motifs is 1. The van der Waals surface area contributed by atoms with Gasteiger partial charge in [-0.2, -0.15) is 0 Å². The molecule has 1 nitrogen and oxygen atoms in total. The number of aliphatic hydroxyl groups is 1. The lowest BCUT2D eigenvalue weighted by Crippen LogP contribution is -2.03. The van der Waals surface area contributed by atoms with Crippen molar-refractivity contribution in [1.82, 2.24) is 0 Å². The van der Waals surface area contributed by atoms with Gasteiger partial charge in [0.2, 0.25) is 0 Å². The molecule has 106 valence electrons. The lowest BCUT2D eigenvalue weighted by atomic mass is 9.97. The van der Waals surface area contributed by atoms with Crippen LogP contribution in [-0.2, 0) is 6.42 Å². The molecule has 0 aromatic heterocycles. The van der Waals surface area contributed by atoms with Gasteiger partial charge in [-0.1, -0.05) is 70.0 Å². The van der Waals surface area contributed by atoms with E-state index < -0.39 is 6.10 Å². The van der Waals surface area contributed by atoms with Gasteiger partial charge in [0.1, 0.15) is 0 Å². The van der Waals surface area contributed by atoms with E-state index in [1.807, 2.05) is 24.3 Å². The molecule has 0 radical (unpaired) electrons. The largest absolute Gasteiger partial charge is 0.388 e. The Hall–Kier alpha value is -1.35. The van der Waals surface area contributed by atoms with Crippen molar-refractivity contribution in [3.8, 4) is 0 Å². The summed E-state index contributed by atoms with van der Waals surface area (Å²) in [5, 5.41) is 13.5. The first-order chi connectivity index (χ1) is 10.1. The maximum Gasteiger partial charge on any atom is 0.0842 e. The average Bonchev–Trinajstić information content (AvgIpc) is 2.50. The van der Waals surface area contributed by atoms with Crippen molar-refractivity contribution < 1.29 is 5.11 Å². The second-order valence-corrected chi connectivity index (χ2v) is 6.31. The molecule has 1 atom stereocenters. The Balaban J connectivity index is 1.96. The van der Waals surface area contributed by atoms with Gasteiger partial charge in [-0.3, -0.25) is 0 Å². The molecule has 0 fully saturated rings. The van der Waals surface area contributed by atoms with Gasteiger partial charge in [-0.05, 0) is 40.1 Å². The van der Waals surface area contributed by atoms with E-state index in [1.165, 1.54) is 10.8 Å². The van der Waals surface area contributed by atoms with Gasteiger partial charge in [0, 0.05) is 15.9 Å². The second kappa shape index (κ2) is 6.18. The Bertz CT molecular complexity index is 780. The number of hydrogen-bond donors (Lipinski definition) is 1. The van der Waals surface area contributed by atoms with Crippen molar-refractivity contribution >= 4 is 38.3 Å². The molecule has 21 heavy (non-hydrogen) atoms. The normalized spacial score (nSPS) is 12.5. The summed E-state index contributed by atoms with van der Waals surface area (Å²) < 4.78 is 0.875. The summed E-state index contributed by atoms with van der Waals surface area (Å²) in [5.41, 5.74) is 1.95. The SMILES string of the molecule is OC(Cc1cccc2ccccc12)c1cc(Cl)ccc1Br. The first-order valence-corrected chi connectivity index (χ1v) is 7.92. The third-order valence-corrected chi connectivity index (χ3v) is 4.57. The molecular formula is C18H14BrClO. The summed E-state index contributed by atoms with van der Waals surface area (Å²) >= 11 is 9.50. The summed E-state index contributed by atoms with van der Waals surface area (Å²) in [6.45, 7) is 0. The molecule has 0 saturated heterocycles. The van der Waals surface area contributed by atoms with Gasteiger partial charge in [0.05, 0.1) is 6.10 Å². The third kappa shape index (κ3) is 3.13. The second-order valence-electron chi connectivity index (χ2n) is 5.02. The summed E-state index contributed by atoms with van der Waals surface area (Å²) in [6.07, 6.45) is -0.0378. The molecule has 0 bridgehead atoms. The minimum absolute atomic E-state index is 0.556. The first-order valence-electron chi connectivity index (χ1n) is 6.75. The summed E-state index contributed by atoms with van der Waals surface area (Å²) in [7, 11) is 0. The molecule has 0 spiro atoms. The van der Waals surface area contributed by atoms with E-state index in [4.69, 9.17) is 11.6 Å². The van der Waals surface area contributed by atoms with Crippen LogP contribution in [0.2, 0.25) is 5.02 Å². The van der Waals surface area contributed by atoms with Crippen LogP contribution in [0.15, 0.2) is 65.1 Å². The zero-order valence-corrected chi connectivity index (χ0v) is 13.6. The van der Waals surface area contributed by atoms with Crippen molar-refractivity contribution in [2.75, 3.05) is 0 Å². The third-order valence-electron chi connectivity index (χ3n) is 3.61. The predicted molar refractivity (Wildman–Crippen MR) is 91.8 cm³/mol. The Morgan fingerprint density at radius 3 is 2.62 bits per heavy atom. The molecule has 0 heterocycles. The standard InChI is InChI=1S/C18H14BrClO/c19-17-9-8-14(20)11-16(17)18(21)10-13-6-3-5-12-4-1-2-7-15(12)13/h1-9,11,18,21H,10H2. The molecule has 3 rings (SSSR count). The molecule has 0 aliphatic carbocycles. The molecule has 3 heteroatoms. The fourth-order valence-corrected chi connectivity index (χ4v) is 3.25. The minimum atomic E-state index is -0.594. The van der Waals surface area contributed by atoms with Crippen LogP contribution in [0.4, 0.5) is 0 Å². The molecular weight excluding hydrogens is 348 g/mol. The van der Waals surface area contributed by atoms with Crippen LogP contribution < -0.4 is 0 Å². The van der Waals surface area contributed by atoms with Crippen LogP contribution >= 0.6 is 27.5 Å². The minimum Gasteiger partial charge on any atom is -0.388 e. The molecule has 0 aliphatic rings. The lowest BCUT2D eigenvalue weighted by molar-refractivity contribution is 0.178. The van der Waals surface area contributed by atoms with E-state index in [0.717, 1.165) is 15.6 Å². The van der Waals surface area contributed by atoms with Gasteiger partial charge in [0.15, 0.2) is 0 Å². The fraction of sp³-hybridized carbons (Fsp3) is 0.111. The summed E-state index contributed by atoms with van der Waals surface area (Å²) in [4.78, 5) is 0. The zero-order valence-electron chi connectivity index (χ0n) is 11.3. The number of halogens is 2. The van der Waals surface area contributed by atoms with Crippen LogP contribution in [0.25, 0.3) is 10.8 Å². The van der Waals surface area contributed by atoms with E-state index in [1.54, 1.807) is 12.1 Å². The van der Waals surface area contributed by atoms with E-state index >= 15 is 0 Å². The molecule has 1 unspecified atom stereocenters. The maximum absolute atomic E-state index is 10.6. The highest BCUT2D eigenvalue weighted by Gasteiger charge is 2.14. The van der Waals surface area contributed by atoms with E-state index in [9.17, 15) is 5.11 Å². The van der Waals surface area contributed by atoms with Gasteiger partial charge in [-0.25, -0.2) is 0 Å². The molecule has 3 aromatic rings. The lowest BCUT2D eigenvalue weighted by Gasteiger charge is -2.15. The summed E-state index contributed by atoms with van der Waals surface area (Å²) in [5.74, 6) is 0. The number of hydrogen-bond acceptors (Lipinski definition) is 1. The number of benzene rings is 3. The maximum atomic E-state index is 10.6. The van der Waals surface area contributed by atoms with E-state index in [0.29, 0.717) is 11.4 Å². The van der Waals surface area contributed by atoms with Gasteiger partial charge >= 0.3 is 0 Å². The van der Waals surface area contributed by atoms with Crippen molar-refractivity contribution in [2.24, 2.45) is 0 Å². The van der Waals surface area contributed by atoms with E-state index in [-0.39, 0.29) is 0 Å². The Morgan fingerprint density at radius 2 is 1.76 bits per heavy atom. The van der Waals surface area contributed by atoms with Crippen molar-refractivity contribution in [1.29, 1.82) is 0 Å². The molecule has 0 amide bonds. The van der Waals surface area contributed by atoms with Crippen LogP contribution in [0, 0.1) is 0 Å². The Morgan fingerprint density at radius 1 is 1.00 bits per heavy atom. The van der Waals surface area contributed by atoms with Crippen molar-refractivity contribution in [3.63, 3.8) is 0 Å². The first kappa shape index (κ1) is 14.6.